The Bertz CT molecular complexity index is 678. The summed E-state index contributed by atoms with van der Waals surface area (Å²) in [5.74, 6) is 1.88. The van der Waals surface area contributed by atoms with Crippen molar-refractivity contribution in [3.8, 4) is 17.2 Å². The number of aromatic hydroxyl groups is 2. The number of hydrogen-bond acceptors (Lipinski definition) is 3. The minimum absolute atomic E-state index is 0.247. The number of ether oxygens (including phenoxy) is 1. The minimum atomic E-state index is -0.420. The first-order valence-corrected chi connectivity index (χ1v) is 7.79. The van der Waals surface area contributed by atoms with Crippen molar-refractivity contribution in [1.29, 1.82) is 0 Å². The van der Waals surface area contributed by atoms with Gasteiger partial charge in [0.05, 0.1) is 0 Å². The maximum atomic E-state index is 9.74. The van der Waals surface area contributed by atoms with Gasteiger partial charge < -0.3 is 14.9 Å². The highest BCUT2D eigenvalue weighted by Crippen LogP contribution is 2.51. The molecule has 0 fully saturated rings. The van der Waals surface area contributed by atoms with Gasteiger partial charge in [0, 0.05) is 11.5 Å². The molecule has 3 rings (SSSR count). The summed E-state index contributed by atoms with van der Waals surface area (Å²) in [6, 6.07) is 12.6. The molecule has 1 aliphatic rings. The average Bonchev–Trinajstić information content (AvgIpc) is 2.52. The Labute approximate surface area is 131 Å². The van der Waals surface area contributed by atoms with E-state index in [-0.39, 0.29) is 23.3 Å². The third-order valence-corrected chi connectivity index (χ3v) is 5.14. The van der Waals surface area contributed by atoms with Gasteiger partial charge in [-0.1, -0.05) is 32.9 Å². The molecule has 0 spiro atoms. The molecule has 0 aromatic heterocycles. The lowest BCUT2D eigenvalue weighted by Gasteiger charge is -2.46. The summed E-state index contributed by atoms with van der Waals surface area (Å²) in [5.41, 5.74) is 1.71. The lowest BCUT2D eigenvalue weighted by molar-refractivity contribution is -0.0206. The van der Waals surface area contributed by atoms with E-state index in [0.29, 0.717) is 0 Å². The molecule has 22 heavy (non-hydrogen) atoms. The fraction of sp³-hybridized carbons (Fsp3) is 0.368. The molecule has 2 N–H and O–H groups in total. The highest BCUT2D eigenvalue weighted by atomic mass is 16.5. The third-order valence-electron chi connectivity index (χ3n) is 5.14. The Morgan fingerprint density at radius 1 is 1.00 bits per heavy atom. The van der Waals surface area contributed by atoms with Crippen LogP contribution in [-0.4, -0.2) is 10.2 Å². The predicted octanol–water partition coefficient (Wildman–Crippen LogP) is 4.54. The first-order valence-electron chi connectivity index (χ1n) is 7.79. The van der Waals surface area contributed by atoms with Gasteiger partial charge in [0.1, 0.15) is 22.8 Å². The van der Waals surface area contributed by atoms with E-state index in [1.54, 1.807) is 24.3 Å². The first kappa shape index (κ1) is 14.8. The summed E-state index contributed by atoms with van der Waals surface area (Å²) >= 11 is 0. The van der Waals surface area contributed by atoms with Gasteiger partial charge in [-0.2, -0.15) is 0 Å². The van der Waals surface area contributed by atoms with Crippen LogP contribution in [-0.2, 0) is 5.60 Å². The number of benzene rings is 2. The Kier molecular flexibility index (Phi) is 3.51. The third kappa shape index (κ3) is 2.12. The van der Waals surface area contributed by atoms with Gasteiger partial charge in [0.2, 0.25) is 0 Å². The van der Waals surface area contributed by atoms with E-state index >= 15 is 0 Å². The van der Waals surface area contributed by atoms with Crippen molar-refractivity contribution in [3.63, 3.8) is 0 Å². The molecule has 3 nitrogen and oxygen atoms in total. The van der Waals surface area contributed by atoms with Gasteiger partial charge in [-0.3, -0.25) is 0 Å². The number of fused-ring (bicyclic) bond motifs is 1. The molecule has 0 aliphatic carbocycles. The van der Waals surface area contributed by atoms with Crippen molar-refractivity contribution in [2.45, 2.75) is 38.7 Å². The van der Waals surface area contributed by atoms with Crippen LogP contribution in [0.1, 0.15) is 44.2 Å². The van der Waals surface area contributed by atoms with E-state index in [1.165, 1.54) is 0 Å². The van der Waals surface area contributed by atoms with Crippen LogP contribution in [0.5, 0.6) is 17.2 Å². The largest absolute Gasteiger partial charge is 0.508 e. The van der Waals surface area contributed by atoms with Gasteiger partial charge in [-0.25, -0.2) is 0 Å². The Balaban J connectivity index is 2.13. The Morgan fingerprint density at radius 3 is 2.27 bits per heavy atom. The highest BCUT2D eigenvalue weighted by molar-refractivity contribution is 5.46. The molecule has 0 radical (unpaired) electrons. The summed E-state index contributed by atoms with van der Waals surface area (Å²) in [7, 11) is 0. The van der Waals surface area contributed by atoms with Crippen molar-refractivity contribution >= 4 is 0 Å². The molecule has 0 saturated heterocycles. The monoisotopic (exact) mass is 298 g/mol. The fourth-order valence-electron chi connectivity index (χ4n) is 3.61. The average molecular weight is 298 g/mol. The van der Waals surface area contributed by atoms with Crippen molar-refractivity contribution in [1.82, 2.24) is 0 Å². The van der Waals surface area contributed by atoms with Gasteiger partial charge in [-0.05, 0) is 48.2 Å². The van der Waals surface area contributed by atoms with Crippen molar-refractivity contribution in [3.05, 3.63) is 53.6 Å². The maximum absolute atomic E-state index is 9.74. The molecular weight excluding hydrogens is 276 g/mol. The molecule has 0 unspecified atom stereocenters. The molecule has 2 aromatic carbocycles. The van der Waals surface area contributed by atoms with Crippen LogP contribution in [0.3, 0.4) is 0 Å². The maximum Gasteiger partial charge on any atom is 0.137 e. The van der Waals surface area contributed by atoms with Crippen LogP contribution < -0.4 is 4.74 Å². The van der Waals surface area contributed by atoms with Crippen LogP contribution in [0, 0.1) is 5.92 Å². The van der Waals surface area contributed by atoms with Crippen molar-refractivity contribution in [2.24, 2.45) is 5.92 Å². The second-order valence-corrected chi connectivity index (χ2v) is 6.19. The van der Waals surface area contributed by atoms with Gasteiger partial charge in [-0.15, -0.1) is 0 Å². The molecule has 1 aliphatic heterocycles. The van der Waals surface area contributed by atoms with E-state index in [4.69, 9.17) is 4.74 Å². The summed E-state index contributed by atoms with van der Waals surface area (Å²) in [6.07, 6.45) is 0.837. The van der Waals surface area contributed by atoms with Crippen LogP contribution in [0.4, 0.5) is 0 Å². The predicted molar refractivity (Wildman–Crippen MR) is 86.4 cm³/mol. The second-order valence-electron chi connectivity index (χ2n) is 6.19. The summed E-state index contributed by atoms with van der Waals surface area (Å²) in [4.78, 5) is 0. The first-order chi connectivity index (χ1) is 10.5. The highest BCUT2D eigenvalue weighted by Gasteiger charge is 2.46. The van der Waals surface area contributed by atoms with Crippen LogP contribution in [0.25, 0.3) is 0 Å². The zero-order valence-corrected chi connectivity index (χ0v) is 13.2. The van der Waals surface area contributed by atoms with E-state index in [0.717, 1.165) is 23.3 Å². The standard InChI is InChI=1S/C19H22O3/c1-4-19(14-5-7-15(20)8-6-14)13(3)12(2)17-11-16(21)9-10-18(17)22-19/h5-13,20-21H,4H2,1-3H3/t12-,13+,19+/m1/s1. The van der Waals surface area contributed by atoms with Crippen LogP contribution in [0.2, 0.25) is 0 Å². The zero-order chi connectivity index (χ0) is 15.9. The summed E-state index contributed by atoms with van der Waals surface area (Å²) in [6.45, 7) is 6.49. The molecular formula is C19H22O3. The fourth-order valence-corrected chi connectivity index (χ4v) is 3.61. The van der Waals surface area contributed by atoms with E-state index < -0.39 is 5.60 Å². The van der Waals surface area contributed by atoms with Crippen molar-refractivity contribution in [2.75, 3.05) is 0 Å². The van der Waals surface area contributed by atoms with Gasteiger partial charge in [0.15, 0.2) is 0 Å². The van der Waals surface area contributed by atoms with Crippen LogP contribution in [0.15, 0.2) is 42.5 Å². The molecule has 0 bridgehead atoms. The number of rotatable bonds is 2. The molecule has 1 heterocycles. The zero-order valence-electron chi connectivity index (χ0n) is 13.2. The lowest BCUT2D eigenvalue weighted by Crippen LogP contribution is -2.44. The number of phenolic OH excluding ortho intramolecular Hbond substituents is 2. The van der Waals surface area contributed by atoms with Gasteiger partial charge in [0.25, 0.3) is 0 Å². The normalized spacial score (nSPS) is 27.0. The van der Waals surface area contributed by atoms with E-state index in [9.17, 15) is 10.2 Å². The molecule has 0 amide bonds. The quantitative estimate of drug-likeness (QED) is 0.856. The van der Waals surface area contributed by atoms with Crippen molar-refractivity contribution < 1.29 is 14.9 Å². The minimum Gasteiger partial charge on any atom is -0.508 e. The second kappa shape index (κ2) is 5.24. The van der Waals surface area contributed by atoms with Crippen LogP contribution >= 0.6 is 0 Å². The van der Waals surface area contributed by atoms with E-state index in [1.807, 2.05) is 18.2 Å². The molecule has 116 valence electrons. The smallest absolute Gasteiger partial charge is 0.137 e. The number of phenols is 2. The molecule has 3 atom stereocenters. The Morgan fingerprint density at radius 2 is 1.64 bits per heavy atom. The van der Waals surface area contributed by atoms with Gasteiger partial charge >= 0.3 is 0 Å². The number of hydrogen-bond donors (Lipinski definition) is 2. The van der Waals surface area contributed by atoms with E-state index in [2.05, 4.69) is 20.8 Å². The molecule has 0 saturated carbocycles. The summed E-state index contributed by atoms with van der Waals surface area (Å²) in [5, 5.41) is 19.3. The SMILES string of the molecule is CC[C@]1(c2ccc(O)cc2)Oc2ccc(O)cc2[C@H](C)[C@@H]1C. The molecule has 3 heteroatoms. The summed E-state index contributed by atoms with van der Waals surface area (Å²) < 4.78 is 6.44. The lowest BCUT2D eigenvalue weighted by atomic mass is 9.70. The molecule has 2 aromatic rings. The topological polar surface area (TPSA) is 49.7 Å². The Hall–Kier alpha value is -2.16.